The Morgan fingerprint density at radius 3 is 2.11 bits per heavy atom. The molecule has 2 aromatic rings. The van der Waals surface area contributed by atoms with Crippen molar-refractivity contribution >= 4 is 33.7 Å². The number of carbonyl (C=O) groups excluding carboxylic acids is 2. The van der Waals surface area contributed by atoms with Crippen molar-refractivity contribution in [3.05, 3.63) is 65.2 Å². The van der Waals surface area contributed by atoms with Gasteiger partial charge in [0.25, 0.3) is 15.8 Å². The Morgan fingerprint density at radius 2 is 1.50 bits per heavy atom. The third-order valence-electron chi connectivity index (χ3n) is 3.95. The van der Waals surface area contributed by atoms with Crippen molar-refractivity contribution in [3.8, 4) is 0 Å². The Kier molecular flexibility index (Phi) is 4.99. The molecule has 0 aliphatic carbocycles. The van der Waals surface area contributed by atoms with E-state index in [0.717, 1.165) is 5.56 Å². The van der Waals surface area contributed by atoms with Crippen molar-refractivity contribution in [1.29, 1.82) is 0 Å². The summed E-state index contributed by atoms with van der Waals surface area (Å²) in [5.74, 6) is -3.02. The Bertz CT molecular complexity index is 1050. The van der Waals surface area contributed by atoms with Crippen molar-refractivity contribution in [2.24, 2.45) is 0 Å². The standard InChI is InChI=1S/C20H19NO6S/c1-13-8-10-15(11-9-13)28(24,25)21-17-7-5-4-6-14(17)12-16-18(22)26-20(2,3)27-19(16)23/h4-12,21H,1-3H3. The highest BCUT2D eigenvalue weighted by molar-refractivity contribution is 7.92. The molecule has 1 N–H and O–H groups in total. The summed E-state index contributed by atoms with van der Waals surface area (Å²) in [5.41, 5.74) is 1.14. The molecule has 0 amide bonds. The van der Waals surface area contributed by atoms with Crippen molar-refractivity contribution < 1.29 is 27.5 Å². The summed E-state index contributed by atoms with van der Waals surface area (Å²) >= 11 is 0. The van der Waals surface area contributed by atoms with Crippen LogP contribution < -0.4 is 4.72 Å². The quantitative estimate of drug-likeness (QED) is 0.480. The lowest BCUT2D eigenvalue weighted by Gasteiger charge is -2.29. The molecule has 1 aliphatic rings. The zero-order valence-electron chi connectivity index (χ0n) is 15.6. The second-order valence-electron chi connectivity index (χ2n) is 6.74. The Morgan fingerprint density at radius 1 is 0.929 bits per heavy atom. The molecule has 1 saturated heterocycles. The lowest BCUT2D eigenvalue weighted by molar-refractivity contribution is -0.222. The molecule has 146 valence electrons. The summed E-state index contributed by atoms with van der Waals surface area (Å²) in [6.45, 7) is 4.75. The third kappa shape index (κ3) is 4.23. The van der Waals surface area contributed by atoms with Crippen molar-refractivity contribution in [1.82, 2.24) is 0 Å². The number of rotatable bonds is 4. The number of para-hydroxylation sites is 1. The van der Waals surface area contributed by atoms with Crippen LogP contribution in [0, 0.1) is 6.92 Å². The maximum absolute atomic E-state index is 12.7. The molecule has 0 bridgehead atoms. The van der Waals surface area contributed by atoms with Crippen molar-refractivity contribution in [3.63, 3.8) is 0 Å². The first-order chi connectivity index (χ1) is 13.1. The van der Waals surface area contributed by atoms with Crippen LogP contribution in [0.3, 0.4) is 0 Å². The number of benzene rings is 2. The van der Waals surface area contributed by atoms with Gasteiger partial charge in [0, 0.05) is 13.8 Å². The van der Waals surface area contributed by atoms with Crippen LogP contribution in [0.25, 0.3) is 6.08 Å². The third-order valence-corrected chi connectivity index (χ3v) is 5.33. The van der Waals surface area contributed by atoms with Crippen LogP contribution in [0.5, 0.6) is 0 Å². The van der Waals surface area contributed by atoms with Crippen LogP contribution in [0.4, 0.5) is 5.69 Å². The normalized spacial score (nSPS) is 16.2. The average Bonchev–Trinajstić information content (AvgIpc) is 2.59. The van der Waals surface area contributed by atoms with Gasteiger partial charge in [-0.15, -0.1) is 0 Å². The predicted octanol–water partition coefficient (Wildman–Crippen LogP) is 3.02. The Labute approximate surface area is 163 Å². The van der Waals surface area contributed by atoms with Gasteiger partial charge in [0.2, 0.25) is 0 Å². The van der Waals surface area contributed by atoms with Gasteiger partial charge in [-0.2, -0.15) is 0 Å². The van der Waals surface area contributed by atoms with Crippen molar-refractivity contribution in [2.75, 3.05) is 4.72 Å². The number of hydrogen-bond donors (Lipinski definition) is 1. The summed E-state index contributed by atoms with van der Waals surface area (Å²) in [7, 11) is -3.85. The highest BCUT2D eigenvalue weighted by Gasteiger charge is 2.39. The molecule has 1 aliphatic heterocycles. The molecule has 1 heterocycles. The van der Waals surface area contributed by atoms with Crippen molar-refractivity contribution in [2.45, 2.75) is 31.5 Å². The number of esters is 2. The molecule has 3 rings (SSSR count). The zero-order chi connectivity index (χ0) is 20.5. The lowest BCUT2D eigenvalue weighted by Crippen LogP contribution is -2.41. The summed E-state index contributed by atoms with van der Waals surface area (Å²) in [5, 5.41) is 0. The maximum Gasteiger partial charge on any atom is 0.348 e. The minimum absolute atomic E-state index is 0.0961. The van der Waals surface area contributed by atoms with E-state index in [1.165, 1.54) is 38.1 Å². The van der Waals surface area contributed by atoms with Gasteiger partial charge in [-0.05, 0) is 36.8 Å². The predicted molar refractivity (Wildman–Crippen MR) is 103 cm³/mol. The number of nitrogens with one attached hydrogen (secondary N) is 1. The maximum atomic E-state index is 12.7. The summed E-state index contributed by atoms with van der Waals surface area (Å²) in [6.07, 6.45) is 1.24. The molecule has 2 aromatic carbocycles. The fourth-order valence-electron chi connectivity index (χ4n) is 2.57. The monoisotopic (exact) mass is 401 g/mol. The van der Waals surface area contributed by atoms with Crippen LogP contribution in [0.15, 0.2) is 59.0 Å². The van der Waals surface area contributed by atoms with E-state index in [2.05, 4.69) is 4.72 Å². The van der Waals surface area contributed by atoms with Crippen LogP contribution in [-0.2, 0) is 29.1 Å². The molecule has 0 saturated carbocycles. The van der Waals surface area contributed by atoms with E-state index in [1.54, 1.807) is 30.3 Å². The molecule has 0 unspecified atom stereocenters. The van der Waals surface area contributed by atoms with E-state index in [9.17, 15) is 18.0 Å². The second-order valence-corrected chi connectivity index (χ2v) is 8.43. The molecule has 0 spiro atoms. The highest BCUT2D eigenvalue weighted by atomic mass is 32.2. The highest BCUT2D eigenvalue weighted by Crippen LogP contribution is 2.27. The average molecular weight is 401 g/mol. The van der Waals surface area contributed by atoms with Gasteiger partial charge < -0.3 is 9.47 Å². The van der Waals surface area contributed by atoms with E-state index in [1.807, 2.05) is 6.92 Å². The van der Waals surface area contributed by atoms with Gasteiger partial charge in [-0.25, -0.2) is 18.0 Å². The molecule has 0 aromatic heterocycles. The Hall–Kier alpha value is -3.13. The van der Waals surface area contributed by atoms with E-state index in [4.69, 9.17) is 9.47 Å². The number of ether oxygens (including phenoxy) is 2. The minimum atomic E-state index is -3.85. The van der Waals surface area contributed by atoms with Gasteiger partial charge in [0.1, 0.15) is 5.57 Å². The smallest absolute Gasteiger partial charge is 0.348 e. The molecular formula is C20H19NO6S. The SMILES string of the molecule is Cc1ccc(S(=O)(=O)Nc2ccccc2C=C2C(=O)OC(C)(C)OC2=O)cc1. The topological polar surface area (TPSA) is 98.8 Å². The zero-order valence-corrected chi connectivity index (χ0v) is 16.4. The molecule has 7 nitrogen and oxygen atoms in total. The van der Waals surface area contributed by atoms with E-state index >= 15 is 0 Å². The first kappa shape index (κ1) is 19.6. The van der Waals surface area contributed by atoms with Gasteiger partial charge in [0.05, 0.1) is 10.6 Å². The van der Waals surface area contributed by atoms with Gasteiger partial charge in [-0.1, -0.05) is 35.9 Å². The summed E-state index contributed by atoms with van der Waals surface area (Å²) in [6, 6.07) is 12.8. The number of aryl methyl sites for hydroxylation is 1. The van der Waals surface area contributed by atoms with E-state index in [0.29, 0.717) is 5.56 Å². The molecule has 0 atom stereocenters. The second kappa shape index (κ2) is 7.12. The van der Waals surface area contributed by atoms with Crippen LogP contribution in [0.1, 0.15) is 25.0 Å². The number of hydrogen-bond acceptors (Lipinski definition) is 6. The lowest BCUT2D eigenvalue weighted by atomic mass is 10.1. The molecule has 28 heavy (non-hydrogen) atoms. The molecular weight excluding hydrogens is 382 g/mol. The van der Waals surface area contributed by atoms with Crippen LogP contribution in [0.2, 0.25) is 0 Å². The largest absolute Gasteiger partial charge is 0.419 e. The summed E-state index contributed by atoms with van der Waals surface area (Å²) < 4.78 is 37.9. The molecule has 8 heteroatoms. The number of carbonyl (C=O) groups is 2. The van der Waals surface area contributed by atoms with Crippen LogP contribution in [-0.4, -0.2) is 26.1 Å². The van der Waals surface area contributed by atoms with E-state index < -0.39 is 27.7 Å². The van der Waals surface area contributed by atoms with Crippen LogP contribution >= 0.6 is 0 Å². The fourth-order valence-corrected chi connectivity index (χ4v) is 3.66. The Balaban J connectivity index is 1.95. The number of cyclic esters (lactones) is 2. The number of anilines is 1. The minimum Gasteiger partial charge on any atom is -0.419 e. The fraction of sp³-hybridized carbons (Fsp3) is 0.200. The molecule has 1 fully saturated rings. The van der Waals surface area contributed by atoms with E-state index in [-0.39, 0.29) is 16.2 Å². The number of sulfonamides is 1. The van der Waals surface area contributed by atoms with Gasteiger partial charge >= 0.3 is 11.9 Å². The van der Waals surface area contributed by atoms with Gasteiger partial charge in [0.15, 0.2) is 0 Å². The molecule has 0 radical (unpaired) electrons. The summed E-state index contributed by atoms with van der Waals surface area (Å²) in [4.78, 5) is 24.4. The first-order valence-corrected chi connectivity index (χ1v) is 9.93. The van der Waals surface area contributed by atoms with Gasteiger partial charge in [-0.3, -0.25) is 4.72 Å². The first-order valence-electron chi connectivity index (χ1n) is 8.44.